The lowest BCUT2D eigenvalue weighted by molar-refractivity contribution is 0.0594. The van der Waals surface area contributed by atoms with E-state index in [0.717, 1.165) is 25.7 Å². The van der Waals surface area contributed by atoms with E-state index in [9.17, 15) is 4.79 Å². The molecule has 3 heteroatoms. The normalized spacial score (nSPS) is 17.5. The van der Waals surface area contributed by atoms with Gasteiger partial charge in [-0.25, -0.2) is 0 Å². The molecule has 1 fully saturated rings. The third-order valence-corrected chi connectivity index (χ3v) is 4.24. The Bertz CT molecular complexity index is 494. The second kappa shape index (κ2) is 5.67. The molecule has 0 heterocycles. The summed E-state index contributed by atoms with van der Waals surface area (Å²) in [6, 6.07) is 6.94. The summed E-state index contributed by atoms with van der Waals surface area (Å²) in [4.78, 5) is 14.2. The van der Waals surface area contributed by atoms with Gasteiger partial charge in [0, 0.05) is 17.6 Å². The highest BCUT2D eigenvalue weighted by molar-refractivity contribution is 6.30. The number of carbonyl (C=O) groups excluding carboxylic acids is 1. The number of hydrogen-bond donors (Lipinski definition) is 0. The summed E-state index contributed by atoms with van der Waals surface area (Å²) in [7, 11) is 1.81. The molecule has 0 aromatic heterocycles. The van der Waals surface area contributed by atoms with E-state index in [4.69, 9.17) is 18.0 Å². The molecule has 19 heavy (non-hydrogen) atoms. The summed E-state index contributed by atoms with van der Waals surface area (Å²) in [5.74, 6) is 2.83. The van der Waals surface area contributed by atoms with E-state index < -0.39 is 5.54 Å². The molecule has 100 valence electrons. The van der Waals surface area contributed by atoms with Gasteiger partial charge in [0.15, 0.2) is 0 Å². The van der Waals surface area contributed by atoms with Crippen LogP contribution in [0.3, 0.4) is 0 Å². The van der Waals surface area contributed by atoms with Crippen molar-refractivity contribution in [1.82, 2.24) is 4.90 Å². The van der Waals surface area contributed by atoms with Crippen molar-refractivity contribution in [2.45, 2.75) is 37.6 Å². The van der Waals surface area contributed by atoms with E-state index in [1.54, 1.807) is 29.2 Å². The number of nitrogens with zero attached hydrogens (tertiary/aromatic N) is 1. The minimum atomic E-state index is -0.422. The zero-order chi connectivity index (χ0) is 13.9. The SMILES string of the molecule is C#CC1(N(C)C(=O)c2ccc(Cl)cc2)CCCCC1. The average molecular weight is 276 g/mol. The molecule has 1 aromatic rings. The quantitative estimate of drug-likeness (QED) is 0.753. The van der Waals surface area contributed by atoms with Crippen LogP contribution in [0.1, 0.15) is 42.5 Å². The van der Waals surface area contributed by atoms with Crippen molar-refractivity contribution in [3.05, 3.63) is 34.9 Å². The fourth-order valence-electron chi connectivity index (χ4n) is 2.69. The fraction of sp³-hybridized carbons (Fsp3) is 0.438. The minimum absolute atomic E-state index is 0.0310. The van der Waals surface area contributed by atoms with Gasteiger partial charge < -0.3 is 4.90 Å². The molecule has 0 N–H and O–H groups in total. The molecule has 0 radical (unpaired) electrons. The largest absolute Gasteiger partial charge is 0.325 e. The number of halogens is 1. The molecular formula is C16H18ClNO. The van der Waals surface area contributed by atoms with Crippen LogP contribution >= 0.6 is 11.6 Å². The van der Waals surface area contributed by atoms with Crippen LogP contribution in [-0.2, 0) is 0 Å². The first-order valence-corrected chi connectivity index (χ1v) is 6.98. The van der Waals surface area contributed by atoms with Crippen molar-refractivity contribution in [3.8, 4) is 12.3 Å². The number of amides is 1. The maximum atomic E-state index is 12.5. The third kappa shape index (κ3) is 2.77. The van der Waals surface area contributed by atoms with Crippen molar-refractivity contribution < 1.29 is 4.79 Å². The predicted octanol–water partition coefficient (Wildman–Crippen LogP) is 3.75. The first-order chi connectivity index (χ1) is 9.09. The van der Waals surface area contributed by atoms with E-state index in [1.165, 1.54) is 6.42 Å². The van der Waals surface area contributed by atoms with Gasteiger partial charge in [0.05, 0.1) is 0 Å². The number of benzene rings is 1. The second-order valence-electron chi connectivity index (χ2n) is 5.11. The highest BCUT2D eigenvalue weighted by Gasteiger charge is 2.37. The molecule has 1 amide bonds. The lowest BCUT2D eigenvalue weighted by atomic mass is 9.81. The number of hydrogen-bond acceptors (Lipinski definition) is 1. The maximum absolute atomic E-state index is 12.5. The van der Waals surface area contributed by atoms with Gasteiger partial charge >= 0.3 is 0 Å². The van der Waals surface area contributed by atoms with Gasteiger partial charge in [0.1, 0.15) is 5.54 Å². The van der Waals surface area contributed by atoms with Gasteiger partial charge in [-0.2, -0.15) is 0 Å². The number of carbonyl (C=O) groups is 1. The standard InChI is InChI=1S/C16H18ClNO/c1-3-16(11-5-4-6-12-16)18(2)15(19)13-7-9-14(17)10-8-13/h1,7-10H,4-6,11-12H2,2H3. The van der Waals surface area contributed by atoms with Crippen LogP contribution in [0.25, 0.3) is 0 Å². The summed E-state index contributed by atoms with van der Waals surface area (Å²) >= 11 is 5.84. The van der Waals surface area contributed by atoms with E-state index >= 15 is 0 Å². The van der Waals surface area contributed by atoms with E-state index in [-0.39, 0.29) is 5.91 Å². The summed E-state index contributed by atoms with van der Waals surface area (Å²) in [5, 5.41) is 0.628. The van der Waals surface area contributed by atoms with E-state index in [1.807, 2.05) is 7.05 Å². The van der Waals surface area contributed by atoms with Crippen LogP contribution in [0, 0.1) is 12.3 Å². The predicted molar refractivity (Wildman–Crippen MR) is 78.2 cm³/mol. The molecule has 1 aromatic carbocycles. The molecule has 2 nitrogen and oxygen atoms in total. The van der Waals surface area contributed by atoms with Crippen molar-refractivity contribution in [2.75, 3.05) is 7.05 Å². The summed E-state index contributed by atoms with van der Waals surface area (Å²) < 4.78 is 0. The first-order valence-electron chi connectivity index (χ1n) is 6.60. The third-order valence-electron chi connectivity index (χ3n) is 3.99. The number of terminal acetylenes is 1. The molecule has 2 rings (SSSR count). The second-order valence-corrected chi connectivity index (χ2v) is 5.54. The summed E-state index contributed by atoms with van der Waals surface area (Å²) in [5.41, 5.74) is 0.210. The molecule has 1 aliphatic carbocycles. The Morgan fingerprint density at radius 1 is 1.26 bits per heavy atom. The first kappa shape index (κ1) is 14.0. The van der Waals surface area contributed by atoms with E-state index in [2.05, 4.69) is 5.92 Å². The monoisotopic (exact) mass is 275 g/mol. The number of rotatable bonds is 2. The lowest BCUT2D eigenvalue weighted by Crippen LogP contribution is -2.49. The Morgan fingerprint density at radius 3 is 2.37 bits per heavy atom. The van der Waals surface area contributed by atoms with E-state index in [0.29, 0.717) is 10.6 Å². The van der Waals surface area contributed by atoms with Gasteiger partial charge in [-0.3, -0.25) is 4.79 Å². The molecular weight excluding hydrogens is 258 g/mol. The van der Waals surface area contributed by atoms with Crippen molar-refractivity contribution in [3.63, 3.8) is 0 Å². The van der Waals surface area contributed by atoms with Crippen LogP contribution < -0.4 is 0 Å². The molecule has 0 aliphatic heterocycles. The molecule has 0 spiro atoms. The van der Waals surface area contributed by atoms with Crippen LogP contribution in [0.5, 0.6) is 0 Å². The summed E-state index contributed by atoms with van der Waals surface area (Å²) in [6.07, 6.45) is 10.9. The molecule has 0 saturated heterocycles. The molecule has 1 saturated carbocycles. The van der Waals surface area contributed by atoms with Crippen LogP contribution in [0.2, 0.25) is 5.02 Å². The average Bonchev–Trinajstić information content (AvgIpc) is 2.47. The van der Waals surface area contributed by atoms with Crippen molar-refractivity contribution >= 4 is 17.5 Å². The Morgan fingerprint density at radius 2 is 1.84 bits per heavy atom. The van der Waals surface area contributed by atoms with Gasteiger partial charge in [0.25, 0.3) is 5.91 Å². The highest BCUT2D eigenvalue weighted by Crippen LogP contribution is 2.33. The van der Waals surface area contributed by atoms with Crippen LogP contribution in [-0.4, -0.2) is 23.4 Å². The van der Waals surface area contributed by atoms with Gasteiger partial charge in [-0.1, -0.05) is 36.8 Å². The Kier molecular flexibility index (Phi) is 4.17. The summed E-state index contributed by atoms with van der Waals surface area (Å²) in [6.45, 7) is 0. The minimum Gasteiger partial charge on any atom is -0.325 e. The smallest absolute Gasteiger partial charge is 0.254 e. The van der Waals surface area contributed by atoms with Gasteiger partial charge in [-0.05, 0) is 37.1 Å². The molecule has 0 atom stereocenters. The van der Waals surface area contributed by atoms with Crippen molar-refractivity contribution in [2.24, 2.45) is 0 Å². The zero-order valence-corrected chi connectivity index (χ0v) is 11.9. The Balaban J connectivity index is 2.22. The Hall–Kier alpha value is -1.46. The maximum Gasteiger partial charge on any atom is 0.254 e. The molecule has 1 aliphatic rings. The fourth-order valence-corrected chi connectivity index (χ4v) is 2.82. The zero-order valence-electron chi connectivity index (χ0n) is 11.2. The van der Waals surface area contributed by atoms with Crippen LogP contribution in [0.4, 0.5) is 0 Å². The van der Waals surface area contributed by atoms with Gasteiger partial charge in [-0.15, -0.1) is 6.42 Å². The van der Waals surface area contributed by atoms with Crippen molar-refractivity contribution in [1.29, 1.82) is 0 Å². The molecule has 0 unspecified atom stereocenters. The highest BCUT2D eigenvalue weighted by atomic mass is 35.5. The Labute approximate surface area is 119 Å². The molecule has 0 bridgehead atoms. The topological polar surface area (TPSA) is 20.3 Å². The lowest BCUT2D eigenvalue weighted by Gasteiger charge is -2.40. The van der Waals surface area contributed by atoms with Gasteiger partial charge in [0.2, 0.25) is 0 Å². The van der Waals surface area contributed by atoms with Crippen LogP contribution in [0.15, 0.2) is 24.3 Å².